The fourth-order valence-electron chi connectivity index (χ4n) is 5.14. The quantitative estimate of drug-likeness (QED) is 0.223. The Labute approximate surface area is 195 Å². The molecule has 0 bridgehead atoms. The third-order valence-electron chi connectivity index (χ3n) is 6.70. The summed E-state index contributed by atoms with van der Waals surface area (Å²) in [5, 5.41) is 35.4. The van der Waals surface area contributed by atoms with Gasteiger partial charge in [0.05, 0.1) is 13.2 Å². The van der Waals surface area contributed by atoms with Crippen LogP contribution in [0.1, 0.15) is 17.0 Å². The molecule has 2 aromatic carbocycles. The number of carbonyl (C=O) groups excluding carboxylic acids is 1. The molecule has 0 amide bonds. The van der Waals surface area contributed by atoms with E-state index >= 15 is 0 Å². The number of benzene rings is 2. The minimum atomic E-state index is -2.66. The monoisotopic (exact) mass is 466 g/mol. The summed E-state index contributed by atoms with van der Waals surface area (Å²) in [4.78, 5) is 23.4. The van der Waals surface area contributed by atoms with Crippen LogP contribution < -0.4 is 16.8 Å². The number of guanidine groups is 2. The van der Waals surface area contributed by atoms with Gasteiger partial charge in [-0.1, -0.05) is 60.7 Å². The van der Waals surface area contributed by atoms with E-state index < -0.39 is 48.1 Å². The van der Waals surface area contributed by atoms with Gasteiger partial charge >= 0.3 is 5.97 Å². The van der Waals surface area contributed by atoms with Crippen molar-refractivity contribution in [1.29, 1.82) is 0 Å². The molecule has 1 saturated heterocycles. The zero-order valence-electron chi connectivity index (χ0n) is 18.2. The van der Waals surface area contributed by atoms with Gasteiger partial charge in [-0.05, 0) is 11.1 Å². The normalized spacial score (nSPS) is 29.1. The molecular formula is C23H26N6O5. The summed E-state index contributed by atoms with van der Waals surface area (Å²) >= 11 is 0. The number of aliphatic imine (C=N–C) groups is 2. The molecule has 0 unspecified atom stereocenters. The molecule has 8 N–H and O–H groups in total. The second-order valence-corrected chi connectivity index (χ2v) is 8.60. The Morgan fingerprint density at radius 2 is 1.68 bits per heavy atom. The van der Waals surface area contributed by atoms with Gasteiger partial charge in [-0.15, -0.1) is 0 Å². The molecule has 0 aromatic heterocycles. The van der Waals surface area contributed by atoms with E-state index in [2.05, 4.69) is 15.3 Å². The molecule has 1 fully saturated rings. The molecule has 0 saturated carbocycles. The second-order valence-electron chi connectivity index (χ2n) is 8.60. The van der Waals surface area contributed by atoms with Gasteiger partial charge < -0.3 is 41.7 Å². The summed E-state index contributed by atoms with van der Waals surface area (Å²) in [6.45, 7) is -0.612. The molecule has 178 valence electrons. The average molecular weight is 466 g/mol. The first-order valence-corrected chi connectivity index (χ1v) is 10.9. The van der Waals surface area contributed by atoms with Gasteiger partial charge in [0.1, 0.15) is 18.0 Å². The summed E-state index contributed by atoms with van der Waals surface area (Å²) in [6.07, 6.45) is -1.42. The van der Waals surface area contributed by atoms with Crippen molar-refractivity contribution < 1.29 is 24.9 Å². The Kier molecular flexibility index (Phi) is 5.19. The van der Waals surface area contributed by atoms with Crippen LogP contribution in [0.3, 0.4) is 0 Å². The van der Waals surface area contributed by atoms with Gasteiger partial charge in [0, 0.05) is 0 Å². The number of esters is 1. The third kappa shape index (κ3) is 3.12. The van der Waals surface area contributed by atoms with Crippen LogP contribution in [0.15, 0.2) is 70.6 Å². The lowest BCUT2D eigenvalue weighted by molar-refractivity contribution is -0.262. The van der Waals surface area contributed by atoms with E-state index in [4.69, 9.17) is 16.2 Å². The van der Waals surface area contributed by atoms with Crippen LogP contribution in [0.5, 0.6) is 0 Å². The topological polar surface area (TPSA) is 179 Å². The zero-order chi connectivity index (χ0) is 24.1. The Hall–Kier alpha value is -3.67. The first-order valence-electron chi connectivity index (χ1n) is 10.9. The van der Waals surface area contributed by atoms with E-state index in [0.717, 1.165) is 0 Å². The van der Waals surface area contributed by atoms with Gasteiger partial charge in [0.2, 0.25) is 5.79 Å². The summed E-state index contributed by atoms with van der Waals surface area (Å²) in [5.41, 5.74) is 11.6. The predicted molar refractivity (Wildman–Crippen MR) is 122 cm³/mol. The summed E-state index contributed by atoms with van der Waals surface area (Å²) < 4.78 is 5.76. The standard InChI is InChI=1S/C23H26N6O5/c24-20-27-18-15(12-30)26-21(25)29-11-16(23(32,33)22(18,29)28-20)34-19(31)17(13-7-3-1-4-8-13)14-9-5-2-6-10-14/h1-10,15-18,30,32-33H,11-12H2,(H2,25,26)(H3,24,27,28)/t15-,16-,18-,22-/m0/s1. The van der Waals surface area contributed by atoms with Crippen LogP contribution in [0.25, 0.3) is 0 Å². The maximum absolute atomic E-state index is 13.5. The molecule has 11 nitrogen and oxygen atoms in total. The molecule has 5 rings (SSSR count). The molecule has 0 aliphatic carbocycles. The Bertz CT molecular complexity index is 1100. The van der Waals surface area contributed by atoms with Gasteiger partial charge in [-0.2, -0.15) is 0 Å². The maximum atomic E-state index is 13.5. The Balaban J connectivity index is 1.50. The number of nitrogens with zero attached hydrogens (tertiary/aromatic N) is 3. The van der Waals surface area contributed by atoms with Gasteiger partial charge in [0.25, 0.3) is 0 Å². The first kappa shape index (κ1) is 22.1. The molecule has 3 heterocycles. The number of rotatable bonds is 5. The fourth-order valence-corrected chi connectivity index (χ4v) is 5.14. The molecule has 3 aliphatic heterocycles. The SMILES string of the molecule is NC1=N[C@H]2[C@H](CO)N=C(N)N3C[C@H](OC(=O)C(c4ccccc4)c4ccccc4)C(O)(O)[C@]23N1. The van der Waals surface area contributed by atoms with Crippen LogP contribution in [-0.4, -0.2) is 80.9 Å². The fraction of sp³-hybridized carbons (Fsp3) is 0.348. The van der Waals surface area contributed by atoms with Crippen molar-refractivity contribution in [2.24, 2.45) is 21.5 Å². The minimum Gasteiger partial charge on any atom is -0.454 e. The van der Waals surface area contributed by atoms with Crippen LogP contribution in [-0.2, 0) is 9.53 Å². The lowest BCUT2D eigenvalue weighted by Gasteiger charge is -2.48. The molecular weight excluding hydrogens is 440 g/mol. The Morgan fingerprint density at radius 1 is 1.09 bits per heavy atom. The number of ether oxygens (including phenoxy) is 1. The predicted octanol–water partition coefficient (Wildman–Crippen LogP) is -1.60. The number of nitrogens with one attached hydrogen (secondary N) is 1. The van der Waals surface area contributed by atoms with E-state index in [1.54, 1.807) is 24.3 Å². The van der Waals surface area contributed by atoms with Crippen LogP contribution >= 0.6 is 0 Å². The highest BCUT2D eigenvalue weighted by Gasteiger charge is 2.74. The summed E-state index contributed by atoms with van der Waals surface area (Å²) in [5.74, 6) is -4.24. The summed E-state index contributed by atoms with van der Waals surface area (Å²) in [6, 6.07) is 16.3. The van der Waals surface area contributed by atoms with E-state index in [9.17, 15) is 20.1 Å². The maximum Gasteiger partial charge on any atom is 0.318 e. The van der Waals surface area contributed by atoms with Crippen molar-refractivity contribution in [2.45, 2.75) is 35.6 Å². The molecule has 0 radical (unpaired) electrons. The highest BCUT2D eigenvalue weighted by atomic mass is 16.6. The first-order chi connectivity index (χ1) is 16.3. The number of aliphatic hydroxyl groups is 3. The van der Waals surface area contributed by atoms with Crippen molar-refractivity contribution in [3.05, 3.63) is 71.8 Å². The van der Waals surface area contributed by atoms with E-state index in [1.165, 1.54) is 4.90 Å². The lowest BCUT2D eigenvalue weighted by Crippen LogP contribution is -2.77. The molecule has 11 heteroatoms. The minimum absolute atomic E-state index is 0.0543. The second kappa shape index (κ2) is 7.97. The molecule has 3 aliphatic rings. The van der Waals surface area contributed by atoms with Crippen molar-refractivity contribution >= 4 is 17.9 Å². The van der Waals surface area contributed by atoms with Crippen molar-refractivity contribution in [1.82, 2.24) is 10.2 Å². The van der Waals surface area contributed by atoms with Crippen LogP contribution in [0.2, 0.25) is 0 Å². The number of hydrogen-bond acceptors (Lipinski definition) is 11. The highest BCUT2D eigenvalue weighted by molar-refractivity contribution is 5.88. The van der Waals surface area contributed by atoms with Crippen molar-refractivity contribution in [3.8, 4) is 0 Å². The number of hydrogen-bond donors (Lipinski definition) is 6. The molecule has 1 spiro atoms. The van der Waals surface area contributed by atoms with Gasteiger partial charge in [0.15, 0.2) is 23.7 Å². The van der Waals surface area contributed by atoms with Crippen molar-refractivity contribution in [3.63, 3.8) is 0 Å². The Morgan fingerprint density at radius 3 is 2.24 bits per heavy atom. The highest BCUT2D eigenvalue weighted by Crippen LogP contribution is 2.46. The largest absolute Gasteiger partial charge is 0.454 e. The molecule has 2 aromatic rings. The number of aliphatic hydroxyl groups excluding tert-OH is 1. The van der Waals surface area contributed by atoms with E-state index in [-0.39, 0.29) is 18.5 Å². The third-order valence-corrected chi connectivity index (χ3v) is 6.70. The van der Waals surface area contributed by atoms with Gasteiger partial charge in [-0.3, -0.25) is 4.79 Å². The van der Waals surface area contributed by atoms with E-state index in [1.807, 2.05) is 36.4 Å². The lowest BCUT2D eigenvalue weighted by atomic mass is 9.86. The number of nitrogens with two attached hydrogens (primary N) is 2. The average Bonchev–Trinajstić information content (AvgIpc) is 3.29. The smallest absolute Gasteiger partial charge is 0.318 e. The van der Waals surface area contributed by atoms with E-state index in [0.29, 0.717) is 11.1 Å². The van der Waals surface area contributed by atoms with Crippen LogP contribution in [0, 0.1) is 0 Å². The summed E-state index contributed by atoms with van der Waals surface area (Å²) in [7, 11) is 0. The zero-order valence-corrected chi connectivity index (χ0v) is 18.2. The van der Waals surface area contributed by atoms with Crippen LogP contribution in [0.4, 0.5) is 0 Å². The number of carbonyl (C=O) groups is 1. The van der Waals surface area contributed by atoms with Gasteiger partial charge in [-0.25, -0.2) is 9.98 Å². The molecule has 4 atom stereocenters. The van der Waals surface area contributed by atoms with Crippen molar-refractivity contribution in [2.75, 3.05) is 13.2 Å². The molecule has 34 heavy (non-hydrogen) atoms.